The molecule has 1 aromatic rings. The molecule has 0 aliphatic rings. The molecule has 0 radical (unpaired) electrons. The molecule has 0 aromatic heterocycles. The summed E-state index contributed by atoms with van der Waals surface area (Å²) >= 11 is 0. The standard InChI is InChI=1S/C13H17FN4O2/c1-13(2,3)20-12(19)11(15)6-8-4-5-9(17-18-16)7-10(8)14/h4-5,7,11H,6,15H2,1-3H3/t11-/m1/s1. The second-order valence-corrected chi connectivity index (χ2v) is 5.31. The predicted molar refractivity (Wildman–Crippen MR) is 72.7 cm³/mol. The molecule has 0 aliphatic heterocycles. The number of esters is 1. The van der Waals surface area contributed by atoms with E-state index >= 15 is 0 Å². The van der Waals surface area contributed by atoms with E-state index in [9.17, 15) is 9.18 Å². The van der Waals surface area contributed by atoms with Crippen LogP contribution < -0.4 is 5.73 Å². The van der Waals surface area contributed by atoms with E-state index in [-0.39, 0.29) is 17.7 Å². The molecule has 0 aliphatic carbocycles. The minimum atomic E-state index is -0.950. The summed E-state index contributed by atoms with van der Waals surface area (Å²) in [6.45, 7) is 5.19. The number of hydrogen-bond donors (Lipinski definition) is 1. The summed E-state index contributed by atoms with van der Waals surface area (Å²) in [7, 11) is 0. The van der Waals surface area contributed by atoms with Crippen molar-refractivity contribution in [3.05, 3.63) is 40.0 Å². The van der Waals surface area contributed by atoms with E-state index in [1.54, 1.807) is 20.8 Å². The number of halogens is 1. The van der Waals surface area contributed by atoms with Crippen LogP contribution in [0.4, 0.5) is 10.1 Å². The van der Waals surface area contributed by atoms with Crippen LogP contribution in [-0.4, -0.2) is 17.6 Å². The normalized spacial score (nSPS) is 12.4. The molecule has 0 fully saturated rings. The fraction of sp³-hybridized carbons (Fsp3) is 0.462. The van der Waals surface area contributed by atoms with E-state index in [1.165, 1.54) is 12.1 Å². The van der Waals surface area contributed by atoms with Crippen molar-refractivity contribution in [1.82, 2.24) is 0 Å². The SMILES string of the molecule is CC(C)(C)OC(=O)[C@H](N)Cc1ccc(N=[N+]=[N-])cc1F. The highest BCUT2D eigenvalue weighted by atomic mass is 19.1. The van der Waals surface area contributed by atoms with E-state index in [0.29, 0.717) is 0 Å². The molecule has 0 bridgehead atoms. The van der Waals surface area contributed by atoms with E-state index in [4.69, 9.17) is 16.0 Å². The number of carbonyl (C=O) groups excluding carboxylic acids is 1. The van der Waals surface area contributed by atoms with Crippen LogP contribution >= 0.6 is 0 Å². The zero-order valence-electron chi connectivity index (χ0n) is 11.6. The molecule has 7 heteroatoms. The van der Waals surface area contributed by atoms with Crippen LogP contribution in [0.3, 0.4) is 0 Å². The van der Waals surface area contributed by atoms with Crippen molar-refractivity contribution >= 4 is 11.7 Å². The number of azide groups is 1. The van der Waals surface area contributed by atoms with Gasteiger partial charge in [-0.3, -0.25) is 4.79 Å². The Labute approximate surface area is 116 Å². The van der Waals surface area contributed by atoms with Gasteiger partial charge in [0.2, 0.25) is 0 Å². The minimum Gasteiger partial charge on any atom is -0.459 e. The molecule has 2 N–H and O–H groups in total. The van der Waals surface area contributed by atoms with Gasteiger partial charge in [0, 0.05) is 17.0 Å². The summed E-state index contributed by atoms with van der Waals surface area (Å²) in [5, 5.41) is 3.29. The third-order valence-corrected chi connectivity index (χ3v) is 2.35. The van der Waals surface area contributed by atoms with Crippen molar-refractivity contribution in [2.75, 3.05) is 0 Å². The smallest absolute Gasteiger partial charge is 0.323 e. The first-order valence-electron chi connectivity index (χ1n) is 6.05. The van der Waals surface area contributed by atoms with Crippen molar-refractivity contribution < 1.29 is 13.9 Å². The van der Waals surface area contributed by atoms with Gasteiger partial charge in [0.05, 0.1) is 0 Å². The topological polar surface area (TPSA) is 101 Å². The molecule has 108 valence electrons. The maximum atomic E-state index is 13.7. The molecule has 1 rings (SSSR count). The van der Waals surface area contributed by atoms with E-state index in [2.05, 4.69) is 10.0 Å². The molecule has 0 amide bonds. The molecule has 0 saturated carbocycles. The van der Waals surface area contributed by atoms with Gasteiger partial charge in [0.15, 0.2) is 0 Å². The van der Waals surface area contributed by atoms with Gasteiger partial charge in [0.1, 0.15) is 17.5 Å². The van der Waals surface area contributed by atoms with Crippen LogP contribution in [0.2, 0.25) is 0 Å². The zero-order chi connectivity index (χ0) is 15.3. The number of hydrogen-bond acceptors (Lipinski definition) is 4. The average molecular weight is 280 g/mol. The Hall–Kier alpha value is -2.11. The van der Waals surface area contributed by atoms with Gasteiger partial charge in [-0.05, 0) is 37.9 Å². The Morgan fingerprint density at radius 1 is 1.55 bits per heavy atom. The van der Waals surface area contributed by atoms with E-state index in [1.807, 2.05) is 0 Å². The van der Waals surface area contributed by atoms with Crippen LogP contribution in [0.1, 0.15) is 26.3 Å². The third kappa shape index (κ3) is 4.87. The van der Waals surface area contributed by atoms with E-state index in [0.717, 1.165) is 6.07 Å². The lowest BCUT2D eigenvalue weighted by Crippen LogP contribution is -2.39. The molecule has 1 atom stereocenters. The zero-order valence-corrected chi connectivity index (χ0v) is 11.6. The number of ether oxygens (including phenoxy) is 1. The van der Waals surface area contributed by atoms with Gasteiger partial charge in [-0.1, -0.05) is 17.2 Å². The van der Waals surface area contributed by atoms with Crippen LogP contribution in [-0.2, 0) is 16.0 Å². The maximum Gasteiger partial charge on any atom is 0.323 e. The fourth-order valence-electron chi connectivity index (χ4n) is 1.51. The molecular formula is C13H17FN4O2. The molecular weight excluding hydrogens is 263 g/mol. The van der Waals surface area contributed by atoms with Crippen molar-refractivity contribution in [2.24, 2.45) is 10.8 Å². The summed E-state index contributed by atoms with van der Waals surface area (Å²) < 4.78 is 18.9. The molecule has 1 aromatic carbocycles. The maximum absolute atomic E-state index is 13.7. The summed E-state index contributed by atoms with van der Waals surface area (Å²) in [5.41, 5.74) is 13.7. The highest BCUT2D eigenvalue weighted by molar-refractivity contribution is 5.76. The summed E-state index contributed by atoms with van der Waals surface area (Å²) in [4.78, 5) is 14.3. The Balaban J connectivity index is 2.78. The van der Waals surface area contributed by atoms with Crippen molar-refractivity contribution in [3.63, 3.8) is 0 Å². The lowest BCUT2D eigenvalue weighted by Gasteiger charge is -2.22. The van der Waals surface area contributed by atoms with Gasteiger partial charge < -0.3 is 10.5 Å². The van der Waals surface area contributed by atoms with Gasteiger partial charge >= 0.3 is 5.97 Å². The lowest BCUT2D eigenvalue weighted by molar-refractivity contribution is -0.156. The Morgan fingerprint density at radius 2 is 2.20 bits per heavy atom. The summed E-state index contributed by atoms with van der Waals surface area (Å²) in [6.07, 6.45) is 0.0112. The second kappa shape index (κ2) is 6.36. The highest BCUT2D eigenvalue weighted by Crippen LogP contribution is 2.19. The molecule has 20 heavy (non-hydrogen) atoms. The van der Waals surface area contributed by atoms with Crippen molar-refractivity contribution in [2.45, 2.75) is 38.8 Å². The van der Waals surface area contributed by atoms with Gasteiger partial charge in [0.25, 0.3) is 0 Å². The molecule has 0 heterocycles. The Kier molecular flexibility index (Phi) is 5.07. The largest absolute Gasteiger partial charge is 0.459 e. The first-order valence-corrected chi connectivity index (χ1v) is 6.05. The molecule has 0 spiro atoms. The van der Waals surface area contributed by atoms with Gasteiger partial charge in [-0.2, -0.15) is 0 Å². The first-order chi connectivity index (χ1) is 9.23. The lowest BCUT2D eigenvalue weighted by atomic mass is 10.1. The summed E-state index contributed by atoms with van der Waals surface area (Å²) in [5.74, 6) is -1.16. The quantitative estimate of drug-likeness (QED) is 0.397. The number of benzene rings is 1. The number of carbonyl (C=O) groups is 1. The number of rotatable bonds is 4. The average Bonchev–Trinajstić information content (AvgIpc) is 2.30. The molecule has 0 saturated heterocycles. The van der Waals surface area contributed by atoms with Crippen LogP contribution in [0.25, 0.3) is 10.4 Å². The summed E-state index contributed by atoms with van der Waals surface area (Å²) in [6, 6.07) is 3.04. The minimum absolute atomic E-state index is 0.0112. The highest BCUT2D eigenvalue weighted by Gasteiger charge is 2.23. The van der Waals surface area contributed by atoms with Crippen LogP contribution in [0.5, 0.6) is 0 Å². The Morgan fingerprint density at radius 3 is 2.70 bits per heavy atom. The molecule has 0 unspecified atom stereocenters. The van der Waals surface area contributed by atoms with Crippen molar-refractivity contribution in [1.29, 1.82) is 0 Å². The first kappa shape index (κ1) is 15.9. The number of nitrogens with zero attached hydrogens (tertiary/aromatic N) is 3. The second-order valence-electron chi connectivity index (χ2n) is 5.31. The fourth-order valence-corrected chi connectivity index (χ4v) is 1.51. The number of nitrogens with two attached hydrogens (primary N) is 1. The van der Waals surface area contributed by atoms with Crippen LogP contribution in [0.15, 0.2) is 23.3 Å². The van der Waals surface area contributed by atoms with Gasteiger partial charge in [-0.15, -0.1) is 0 Å². The van der Waals surface area contributed by atoms with E-state index < -0.39 is 23.4 Å². The Bertz CT molecular complexity index is 548. The van der Waals surface area contributed by atoms with Crippen LogP contribution in [0, 0.1) is 5.82 Å². The molecule has 6 nitrogen and oxygen atoms in total. The van der Waals surface area contributed by atoms with Gasteiger partial charge in [-0.25, -0.2) is 4.39 Å². The third-order valence-electron chi connectivity index (χ3n) is 2.35. The predicted octanol–water partition coefficient (Wildman–Crippen LogP) is 2.98. The monoisotopic (exact) mass is 280 g/mol. The van der Waals surface area contributed by atoms with Crippen molar-refractivity contribution in [3.8, 4) is 0 Å².